The SMILES string of the molecule is CCCCSCc1nc2ccccc2s1. The van der Waals surface area contributed by atoms with Crippen molar-refractivity contribution in [3.63, 3.8) is 0 Å². The van der Waals surface area contributed by atoms with E-state index in [4.69, 9.17) is 0 Å². The molecule has 0 fully saturated rings. The Morgan fingerprint density at radius 2 is 2.20 bits per heavy atom. The molecule has 0 amide bonds. The van der Waals surface area contributed by atoms with Gasteiger partial charge in [-0.1, -0.05) is 25.5 Å². The van der Waals surface area contributed by atoms with Gasteiger partial charge in [0.15, 0.2) is 0 Å². The predicted octanol–water partition coefficient (Wildman–Crippen LogP) is 4.33. The van der Waals surface area contributed by atoms with Crippen LogP contribution in [0.1, 0.15) is 24.8 Å². The first-order chi connectivity index (χ1) is 7.40. The predicted molar refractivity (Wildman–Crippen MR) is 70.7 cm³/mol. The number of unbranched alkanes of at least 4 members (excludes halogenated alkanes) is 1. The van der Waals surface area contributed by atoms with Crippen molar-refractivity contribution in [3.8, 4) is 0 Å². The topological polar surface area (TPSA) is 12.9 Å². The van der Waals surface area contributed by atoms with Gasteiger partial charge in [0.2, 0.25) is 0 Å². The molecule has 0 saturated heterocycles. The van der Waals surface area contributed by atoms with Crippen molar-refractivity contribution in [2.24, 2.45) is 0 Å². The van der Waals surface area contributed by atoms with E-state index in [1.807, 2.05) is 23.1 Å². The van der Waals surface area contributed by atoms with E-state index in [-0.39, 0.29) is 0 Å². The summed E-state index contributed by atoms with van der Waals surface area (Å²) >= 11 is 3.82. The van der Waals surface area contributed by atoms with Gasteiger partial charge < -0.3 is 0 Å². The molecule has 0 atom stereocenters. The average molecular weight is 237 g/mol. The smallest absolute Gasteiger partial charge is 0.104 e. The molecule has 1 aromatic carbocycles. The van der Waals surface area contributed by atoms with Gasteiger partial charge >= 0.3 is 0 Å². The molecular weight excluding hydrogens is 222 g/mol. The minimum atomic E-state index is 1.07. The standard InChI is InChI=1S/C12H15NS2/c1-2-3-8-14-9-12-13-10-6-4-5-7-11(10)15-12/h4-7H,2-3,8-9H2,1H3. The maximum Gasteiger partial charge on any atom is 0.104 e. The lowest BCUT2D eigenvalue weighted by Gasteiger charge is -1.95. The van der Waals surface area contributed by atoms with Crippen LogP contribution in [0.2, 0.25) is 0 Å². The van der Waals surface area contributed by atoms with Crippen LogP contribution in [0.25, 0.3) is 10.2 Å². The van der Waals surface area contributed by atoms with Gasteiger partial charge in [-0.25, -0.2) is 4.98 Å². The van der Waals surface area contributed by atoms with E-state index in [1.165, 1.54) is 28.3 Å². The highest BCUT2D eigenvalue weighted by atomic mass is 32.2. The van der Waals surface area contributed by atoms with Crippen LogP contribution in [-0.4, -0.2) is 10.7 Å². The molecule has 80 valence electrons. The van der Waals surface area contributed by atoms with Crippen LogP contribution in [0.5, 0.6) is 0 Å². The van der Waals surface area contributed by atoms with Crippen molar-refractivity contribution in [1.29, 1.82) is 0 Å². The molecule has 0 aliphatic carbocycles. The highest BCUT2D eigenvalue weighted by Gasteiger charge is 2.02. The number of hydrogen-bond donors (Lipinski definition) is 0. The molecule has 3 heteroatoms. The van der Waals surface area contributed by atoms with Gasteiger partial charge in [-0.3, -0.25) is 0 Å². The number of fused-ring (bicyclic) bond motifs is 1. The zero-order valence-corrected chi connectivity index (χ0v) is 10.5. The van der Waals surface area contributed by atoms with Crippen molar-refractivity contribution < 1.29 is 0 Å². The minimum absolute atomic E-state index is 1.07. The number of thiazole rings is 1. The molecule has 1 heterocycles. The summed E-state index contributed by atoms with van der Waals surface area (Å²) in [6.07, 6.45) is 2.60. The fourth-order valence-corrected chi connectivity index (χ4v) is 3.51. The Morgan fingerprint density at radius 1 is 1.33 bits per heavy atom. The third-order valence-electron chi connectivity index (χ3n) is 2.21. The lowest BCUT2D eigenvalue weighted by Crippen LogP contribution is -1.81. The number of benzene rings is 1. The molecule has 15 heavy (non-hydrogen) atoms. The van der Waals surface area contributed by atoms with E-state index >= 15 is 0 Å². The molecule has 0 aliphatic heterocycles. The number of thioether (sulfide) groups is 1. The molecular formula is C12H15NS2. The molecule has 0 spiro atoms. The van der Waals surface area contributed by atoms with Gasteiger partial charge in [-0.15, -0.1) is 11.3 Å². The van der Waals surface area contributed by atoms with Crippen LogP contribution in [0.15, 0.2) is 24.3 Å². The zero-order valence-electron chi connectivity index (χ0n) is 8.90. The molecule has 2 rings (SSSR count). The second kappa shape index (κ2) is 5.52. The summed E-state index contributed by atoms with van der Waals surface area (Å²) in [5, 5.41) is 1.26. The van der Waals surface area contributed by atoms with Crippen molar-refractivity contribution in [3.05, 3.63) is 29.3 Å². The fourth-order valence-electron chi connectivity index (χ4n) is 1.39. The number of nitrogens with zero attached hydrogens (tertiary/aromatic N) is 1. The Balaban J connectivity index is 1.97. The van der Waals surface area contributed by atoms with E-state index < -0.39 is 0 Å². The third kappa shape index (κ3) is 2.95. The van der Waals surface area contributed by atoms with Crippen molar-refractivity contribution in [2.75, 3.05) is 5.75 Å². The maximum atomic E-state index is 4.61. The summed E-state index contributed by atoms with van der Waals surface area (Å²) < 4.78 is 1.31. The van der Waals surface area contributed by atoms with Crippen LogP contribution in [0.4, 0.5) is 0 Å². The van der Waals surface area contributed by atoms with E-state index in [1.54, 1.807) is 0 Å². The Morgan fingerprint density at radius 3 is 3.00 bits per heavy atom. The summed E-state index contributed by atoms with van der Waals surface area (Å²) in [6, 6.07) is 8.36. The number of hydrogen-bond acceptors (Lipinski definition) is 3. The zero-order chi connectivity index (χ0) is 10.5. The fraction of sp³-hybridized carbons (Fsp3) is 0.417. The molecule has 0 unspecified atom stereocenters. The molecule has 1 nitrogen and oxygen atoms in total. The van der Waals surface area contributed by atoms with Crippen molar-refractivity contribution in [1.82, 2.24) is 4.98 Å². The summed E-state index contributed by atoms with van der Waals surface area (Å²) in [4.78, 5) is 4.61. The van der Waals surface area contributed by atoms with Gasteiger partial charge in [0.1, 0.15) is 5.01 Å². The normalized spacial score (nSPS) is 11.0. The van der Waals surface area contributed by atoms with E-state index in [0.29, 0.717) is 0 Å². The lowest BCUT2D eigenvalue weighted by molar-refractivity contribution is 0.896. The molecule has 0 radical (unpaired) electrons. The quantitative estimate of drug-likeness (QED) is 0.718. The first-order valence-electron chi connectivity index (χ1n) is 5.32. The molecule has 1 aromatic heterocycles. The summed E-state index contributed by atoms with van der Waals surface area (Å²) in [6.45, 7) is 2.23. The largest absolute Gasteiger partial charge is 0.240 e. The van der Waals surface area contributed by atoms with Crippen LogP contribution in [-0.2, 0) is 5.75 Å². The number of para-hydroxylation sites is 1. The first-order valence-corrected chi connectivity index (χ1v) is 7.29. The van der Waals surface area contributed by atoms with E-state index in [0.717, 1.165) is 11.3 Å². The second-order valence-corrected chi connectivity index (χ2v) is 5.70. The Labute approximate surface area is 98.9 Å². The van der Waals surface area contributed by atoms with Crippen molar-refractivity contribution >= 4 is 33.3 Å². The van der Waals surface area contributed by atoms with Gasteiger partial charge in [0.05, 0.1) is 10.2 Å². The van der Waals surface area contributed by atoms with Gasteiger partial charge in [-0.05, 0) is 24.3 Å². The van der Waals surface area contributed by atoms with E-state index in [2.05, 4.69) is 36.2 Å². The number of rotatable bonds is 5. The highest BCUT2D eigenvalue weighted by Crippen LogP contribution is 2.24. The monoisotopic (exact) mass is 237 g/mol. The average Bonchev–Trinajstić information content (AvgIpc) is 2.67. The van der Waals surface area contributed by atoms with Gasteiger partial charge in [0, 0.05) is 5.75 Å². The summed E-state index contributed by atoms with van der Waals surface area (Å²) in [5.74, 6) is 2.33. The molecule has 0 aliphatic rings. The first kappa shape index (κ1) is 11.0. The van der Waals surface area contributed by atoms with E-state index in [9.17, 15) is 0 Å². The van der Waals surface area contributed by atoms with Gasteiger partial charge in [0.25, 0.3) is 0 Å². The summed E-state index contributed by atoms with van der Waals surface area (Å²) in [7, 11) is 0. The molecule has 2 aromatic rings. The third-order valence-corrected chi connectivity index (χ3v) is 4.48. The second-order valence-electron chi connectivity index (χ2n) is 3.48. The highest BCUT2D eigenvalue weighted by molar-refractivity contribution is 7.98. The van der Waals surface area contributed by atoms with Crippen LogP contribution in [0, 0.1) is 0 Å². The maximum absolute atomic E-state index is 4.61. The van der Waals surface area contributed by atoms with Crippen LogP contribution >= 0.6 is 23.1 Å². The van der Waals surface area contributed by atoms with Crippen LogP contribution in [0.3, 0.4) is 0 Å². The lowest BCUT2D eigenvalue weighted by atomic mass is 10.3. The Hall–Kier alpha value is -0.540. The number of aromatic nitrogens is 1. The molecule has 0 bridgehead atoms. The van der Waals surface area contributed by atoms with Gasteiger partial charge in [-0.2, -0.15) is 11.8 Å². The molecule has 0 N–H and O–H groups in total. The van der Waals surface area contributed by atoms with Crippen molar-refractivity contribution in [2.45, 2.75) is 25.5 Å². The minimum Gasteiger partial charge on any atom is -0.240 e. The Kier molecular flexibility index (Phi) is 4.03. The van der Waals surface area contributed by atoms with Crippen LogP contribution < -0.4 is 0 Å². The summed E-state index contributed by atoms with van der Waals surface area (Å²) in [5.41, 5.74) is 1.15. The molecule has 0 saturated carbocycles. The Bertz CT molecular complexity index is 389.